The quantitative estimate of drug-likeness (QED) is 0.818. The number of hydrogen-bond donors (Lipinski definition) is 1. The molecule has 0 aromatic heterocycles. The molecule has 7 nitrogen and oxygen atoms in total. The Morgan fingerprint density at radius 3 is 2.22 bits per heavy atom. The van der Waals surface area contributed by atoms with Crippen LogP contribution >= 0.6 is 0 Å². The Morgan fingerprint density at radius 1 is 1.07 bits per heavy atom. The smallest absolute Gasteiger partial charge is 0.282 e. The molecule has 1 aromatic carbocycles. The van der Waals surface area contributed by atoms with Crippen LogP contribution in [0.2, 0.25) is 0 Å². The molecular formula is C19H30N4O3S. The minimum atomic E-state index is -3.47. The molecule has 2 aliphatic rings. The van der Waals surface area contributed by atoms with Crippen molar-refractivity contribution < 1.29 is 13.2 Å². The summed E-state index contributed by atoms with van der Waals surface area (Å²) in [6, 6.07) is 7.37. The molecule has 150 valence electrons. The molecule has 27 heavy (non-hydrogen) atoms. The first-order valence-electron chi connectivity index (χ1n) is 9.75. The molecule has 0 spiro atoms. The number of rotatable bonds is 5. The van der Waals surface area contributed by atoms with Gasteiger partial charge in [-0.05, 0) is 30.5 Å². The van der Waals surface area contributed by atoms with Crippen LogP contribution in [0.15, 0.2) is 24.3 Å². The summed E-state index contributed by atoms with van der Waals surface area (Å²) in [5.74, 6) is -0.0590. The first-order valence-corrected chi connectivity index (χ1v) is 11.1. The van der Waals surface area contributed by atoms with E-state index in [-0.39, 0.29) is 11.9 Å². The molecular weight excluding hydrogens is 364 g/mol. The Balaban J connectivity index is 1.59. The van der Waals surface area contributed by atoms with Gasteiger partial charge in [-0.2, -0.15) is 17.0 Å². The molecule has 0 atom stereocenters. The summed E-state index contributed by atoms with van der Waals surface area (Å²) >= 11 is 0. The van der Waals surface area contributed by atoms with Gasteiger partial charge in [0.25, 0.3) is 16.1 Å². The molecule has 1 amide bonds. The van der Waals surface area contributed by atoms with Crippen molar-refractivity contribution in [2.24, 2.45) is 5.73 Å². The lowest BCUT2D eigenvalue weighted by atomic mass is 9.96. The SMILES string of the molecule is CN(C1CCCCC1)S(=O)(=O)N1CCN(C(=O)c2ccc(CN)cc2)CC1. The predicted octanol–water partition coefficient (Wildman–Crippen LogP) is 1.41. The maximum absolute atomic E-state index is 12.9. The van der Waals surface area contributed by atoms with Gasteiger partial charge in [-0.3, -0.25) is 4.79 Å². The standard InChI is InChI=1S/C19H30N4O3S/c1-21(18-5-3-2-4-6-18)27(25,26)23-13-11-22(12-14-23)19(24)17-9-7-16(15-20)8-10-17/h7-10,18H,2-6,11-15,20H2,1H3. The summed E-state index contributed by atoms with van der Waals surface area (Å²) in [4.78, 5) is 14.4. The number of amides is 1. The second-order valence-electron chi connectivity index (χ2n) is 7.41. The molecule has 3 rings (SSSR count). The lowest BCUT2D eigenvalue weighted by Gasteiger charge is -2.38. The average Bonchev–Trinajstić information content (AvgIpc) is 2.73. The molecule has 1 heterocycles. The van der Waals surface area contributed by atoms with Crippen molar-refractivity contribution in [1.29, 1.82) is 0 Å². The van der Waals surface area contributed by atoms with Gasteiger partial charge < -0.3 is 10.6 Å². The van der Waals surface area contributed by atoms with E-state index in [0.717, 1.165) is 31.2 Å². The molecule has 8 heteroatoms. The molecule has 1 saturated heterocycles. The summed E-state index contributed by atoms with van der Waals surface area (Å²) in [6.07, 6.45) is 5.25. The number of benzene rings is 1. The van der Waals surface area contributed by atoms with Crippen LogP contribution in [0.5, 0.6) is 0 Å². The fourth-order valence-electron chi connectivity index (χ4n) is 3.90. The third-order valence-corrected chi connectivity index (χ3v) is 7.79. The summed E-state index contributed by atoms with van der Waals surface area (Å²) < 4.78 is 28.9. The molecule has 2 fully saturated rings. The zero-order valence-electron chi connectivity index (χ0n) is 16.0. The van der Waals surface area contributed by atoms with E-state index < -0.39 is 10.2 Å². The second kappa shape index (κ2) is 8.68. The van der Waals surface area contributed by atoms with Crippen LogP contribution in [0.4, 0.5) is 0 Å². The van der Waals surface area contributed by atoms with Crippen molar-refractivity contribution in [1.82, 2.24) is 13.5 Å². The third-order valence-electron chi connectivity index (χ3n) is 5.74. The van der Waals surface area contributed by atoms with E-state index in [0.29, 0.717) is 38.3 Å². The Kier molecular flexibility index (Phi) is 6.52. The first-order chi connectivity index (χ1) is 12.9. The minimum absolute atomic E-state index is 0.0590. The van der Waals surface area contributed by atoms with Crippen molar-refractivity contribution >= 4 is 16.1 Å². The van der Waals surface area contributed by atoms with Crippen LogP contribution in [0.25, 0.3) is 0 Å². The highest BCUT2D eigenvalue weighted by molar-refractivity contribution is 7.86. The van der Waals surface area contributed by atoms with Crippen LogP contribution in [0, 0.1) is 0 Å². The lowest BCUT2D eigenvalue weighted by Crippen LogP contribution is -2.55. The van der Waals surface area contributed by atoms with E-state index in [4.69, 9.17) is 5.73 Å². The maximum Gasteiger partial charge on any atom is 0.282 e. The Morgan fingerprint density at radius 2 is 1.67 bits per heavy atom. The molecule has 1 aromatic rings. The third kappa shape index (κ3) is 4.51. The van der Waals surface area contributed by atoms with Gasteiger partial charge in [-0.1, -0.05) is 31.4 Å². The van der Waals surface area contributed by atoms with Gasteiger partial charge in [0.2, 0.25) is 0 Å². The summed E-state index contributed by atoms with van der Waals surface area (Å²) in [6.45, 7) is 1.95. The number of carbonyl (C=O) groups is 1. The number of piperazine rings is 1. The van der Waals surface area contributed by atoms with Gasteiger partial charge in [0.15, 0.2) is 0 Å². The molecule has 0 bridgehead atoms. The van der Waals surface area contributed by atoms with Crippen LogP contribution in [0.1, 0.15) is 48.0 Å². The van der Waals surface area contributed by atoms with Crippen LogP contribution < -0.4 is 5.73 Å². The minimum Gasteiger partial charge on any atom is -0.336 e. The van der Waals surface area contributed by atoms with Gasteiger partial charge in [0, 0.05) is 51.4 Å². The van der Waals surface area contributed by atoms with Crippen LogP contribution in [0.3, 0.4) is 0 Å². The number of carbonyl (C=O) groups excluding carboxylic acids is 1. The highest BCUT2D eigenvalue weighted by Crippen LogP contribution is 2.25. The Labute approximate surface area is 162 Å². The van der Waals surface area contributed by atoms with Crippen molar-refractivity contribution in [2.45, 2.75) is 44.7 Å². The molecule has 1 saturated carbocycles. The van der Waals surface area contributed by atoms with Crippen molar-refractivity contribution in [3.8, 4) is 0 Å². The van der Waals surface area contributed by atoms with E-state index in [1.807, 2.05) is 12.1 Å². The number of nitrogens with two attached hydrogens (primary N) is 1. The molecule has 0 unspecified atom stereocenters. The van der Waals surface area contributed by atoms with Gasteiger partial charge in [-0.15, -0.1) is 0 Å². The van der Waals surface area contributed by atoms with Gasteiger partial charge in [-0.25, -0.2) is 0 Å². The zero-order chi connectivity index (χ0) is 19.4. The monoisotopic (exact) mass is 394 g/mol. The summed E-state index contributed by atoms with van der Waals surface area (Å²) in [7, 11) is -1.77. The molecule has 1 aliphatic carbocycles. The lowest BCUT2D eigenvalue weighted by molar-refractivity contribution is 0.0693. The second-order valence-corrected chi connectivity index (χ2v) is 9.40. The largest absolute Gasteiger partial charge is 0.336 e. The van der Waals surface area contributed by atoms with Crippen molar-refractivity contribution in [3.05, 3.63) is 35.4 Å². The topological polar surface area (TPSA) is 87.0 Å². The van der Waals surface area contributed by atoms with E-state index in [1.165, 1.54) is 10.7 Å². The van der Waals surface area contributed by atoms with Gasteiger partial charge in [0.1, 0.15) is 0 Å². The van der Waals surface area contributed by atoms with E-state index in [1.54, 1.807) is 28.4 Å². The van der Waals surface area contributed by atoms with E-state index in [2.05, 4.69) is 0 Å². The summed E-state index contributed by atoms with van der Waals surface area (Å²) in [5, 5.41) is 0. The average molecular weight is 395 g/mol. The highest BCUT2D eigenvalue weighted by atomic mass is 32.2. The van der Waals surface area contributed by atoms with E-state index in [9.17, 15) is 13.2 Å². The molecule has 0 radical (unpaired) electrons. The summed E-state index contributed by atoms with van der Waals surface area (Å²) in [5.41, 5.74) is 7.18. The van der Waals surface area contributed by atoms with Gasteiger partial charge in [0.05, 0.1) is 0 Å². The van der Waals surface area contributed by atoms with E-state index >= 15 is 0 Å². The Bertz CT molecular complexity index is 737. The fourth-order valence-corrected chi connectivity index (χ4v) is 5.48. The molecule has 1 aliphatic heterocycles. The zero-order valence-corrected chi connectivity index (χ0v) is 16.8. The number of hydrogen-bond acceptors (Lipinski definition) is 4. The predicted molar refractivity (Wildman–Crippen MR) is 105 cm³/mol. The fraction of sp³-hybridized carbons (Fsp3) is 0.632. The van der Waals surface area contributed by atoms with Crippen molar-refractivity contribution in [3.63, 3.8) is 0 Å². The maximum atomic E-state index is 12.9. The van der Waals surface area contributed by atoms with Crippen LogP contribution in [-0.2, 0) is 16.8 Å². The number of nitrogens with zero attached hydrogens (tertiary/aromatic N) is 3. The molecule has 2 N–H and O–H groups in total. The van der Waals surface area contributed by atoms with Crippen LogP contribution in [-0.4, -0.2) is 67.1 Å². The first kappa shape index (κ1) is 20.3. The van der Waals surface area contributed by atoms with Gasteiger partial charge >= 0.3 is 0 Å². The Hall–Kier alpha value is -1.48. The normalized spacial score (nSPS) is 20.2. The highest BCUT2D eigenvalue weighted by Gasteiger charge is 2.35. The van der Waals surface area contributed by atoms with Crippen molar-refractivity contribution in [2.75, 3.05) is 33.2 Å².